The standard InChI is InChI=1S/C19H15FN2O2/c20-15-7-5-14(6-8-15)17-12-13(4-9-16(17)19(23)24)2-1-3-18-21-10-11-22-18/h1-2,4-12H,3H2,(H,21,22)(H,23,24). The number of rotatable bonds is 5. The van der Waals surface area contributed by atoms with Gasteiger partial charge in [0.15, 0.2) is 0 Å². The van der Waals surface area contributed by atoms with Gasteiger partial charge in [-0.2, -0.15) is 0 Å². The molecule has 0 aliphatic heterocycles. The van der Waals surface area contributed by atoms with Crippen molar-refractivity contribution in [3.05, 3.63) is 83.7 Å². The maximum atomic E-state index is 13.1. The van der Waals surface area contributed by atoms with E-state index < -0.39 is 5.97 Å². The van der Waals surface area contributed by atoms with Gasteiger partial charge in [0.05, 0.1) is 5.56 Å². The summed E-state index contributed by atoms with van der Waals surface area (Å²) in [7, 11) is 0. The van der Waals surface area contributed by atoms with Crippen LogP contribution in [0, 0.1) is 5.82 Å². The number of imidazole rings is 1. The highest BCUT2D eigenvalue weighted by molar-refractivity contribution is 5.96. The van der Waals surface area contributed by atoms with Crippen LogP contribution in [-0.4, -0.2) is 21.0 Å². The Balaban J connectivity index is 1.92. The van der Waals surface area contributed by atoms with Crippen molar-refractivity contribution in [2.24, 2.45) is 0 Å². The van der Waals surface area contributed by atoms with Crippen molar-refractivity contribution in [1.82, 2.24) is 9.97 Å². The maximum Gasteiger partial charge on any atom is 0.336 e. The number of nitrogens with one attached hydrogen (secondary N) is 1. The molecule has 0 saturated heterocycles. The fourth-order valence-corrected chi connectivity index (χ4v) is 2.44. The molecule has 1 aromatic heterocycles. The van der Waals surface area contributed by atoms with Gasteiger partial charge in [-0.25, -0.2) is 14.2 Å². The van der Waals surface area contributed by atoms with Gasteiger partial charge in [0.1, 0.15) is 11.6 Å². The second kappa shape index (κ2) is 6.91. The molecule has 24 heavy (non-hydrogen) atoms. The molecule has 3 aromatic rings. The van der Waals surface area contributed by atoms with E-state index in [-0.39, 0.29) is 11.4 Å². The molecule has 0 unspecified atom stereocenters. The summed E-state index contributed by atoms with van der Waals surface area (Å²) in [5, 5.41) is 9.37. The molecular formula is C19H15FN2O2. The lowest BCUT2D eigenvalue weighted by Gasteiger charge is -2.08. The molecular weight excluding hydrogens is 307 g/mol. The predicted molar refractivity (Wildman–Crippen MR) is 90.1 cm³/mol. The topological polar surface area (TPSA) is 66.0 Å². The minimum Gasteiger partial charge on any atom is -0.478 e. The number of carbonyl (C=O) groups is 1. The molecule has 3 rings (SSSR count). The molecule has 0 atom stereocenters. The normalized spacial score (nSPS) is 11.0. The fraction of sp³-hybridized carbons (Fsp3) is 0.0526. The van der Waals surface area contributed by atoms with Gasteiger partial charge in [-0.1, -0.05) is 30.4 Å². The van der Waals surface area contributed by atoms with Crippen LogP contribution in [0.5, 0.6) is 0 Å². The summed E-state index contributed by atoms with van der Waals surface area (Å²) >= 11 is 0. The number of hydrogen-bond acceptors (Lipinski definition) is 2. The largest absolute Gasteiger partial charge is 0.478 e. The van der Waals surface area contributed by atoms with Crippen molar-refractivity contribution in [1.29, 1.82) is 0 Å². The van der Waals surface area contributed by atoms with Gasteiger partial charge in [0.25, 0.3) is 0 Å². The lowest BCUT2D eigenvalue weighted by Crippen LogP contribution is -2.00. The third-order valence-electron chi connectivity index (χ3n) is 3.61. The molecule has 5 heteroatoms. The minimum atomic E-state index is -1.01. The third kappa shape index (κ3) is 3.57. The summed E-state index contributed by atoms with van der Waals surface area (Å²) in [6.07, 6.45) is 7.96. The maximum absolute atomic E-state index is 13.1. The van der Waals surface area contributed by atoms with E-state index in [1.54, 1.807) is 42.7 Å². The molecule has 0 bridgehead atoms. The van der Waals surface area contributed by atoms with Crippen molar-refractivity contribution >= 4 is 12.0 Å². The summed E-state index contributed by atoms with van der Waals surface area (Å²) < 4.78 is 13.1. The number of allylic oxidation sites excluding steroid dienone is 1. The Morgan fingerprint density at radius 1 is 1.21 bits per heavy atom. The number of carboxylic acids is 1. The van der Waals surface area contributed by atoms with Gasteiger partial charge >= 0.3 is 5.97 Å². The Labute approximate surface area is 138 Å². The van der Waals surface area contributed by atoms with Crippen molar-refractivity contribution in [3.63, 3.8) is 0 Å². The van der Waals surface area contributed by atoms with Crippen molar-refractivity contribution < 1.29 is 14.3 Å². The van der Waals surface area contributed by atoms with Crippen LogP contribution in [0.25, 0.3) is 17.2 Å². The quantitative estimate of drug-likeness (QED) is 0.741. The number of aromatic amines is 1. The van der Waals surface area contributed by atoms with E-state index >= 15 is 0 Å². The number of halogens is 1. The van der Waals surface area contributed by atoms with Gasteiger partial charge in [0.2, 0.25) is 0 Å². The highest BCUT2D eigenvalue weighted by atomic mass is 19.1. The monoisotopic (exact) mass is 322 g/mol. The summed E-state index contributed by atoms with van der Waals surface area (Å²) in [5.74, 6) is -0.516. The molecule has 0 radical (unpaired) electrons. The van der Waals surface area contributed by atoms with Gasteiger partial charge in [0, 0.05) is 18.8 Å². The highest BCUT2D eigenvalue weighted by Crippen LogP contribution is 2.26. The van der Waals surface area contributed by atoms with Crippen molar-refractivity contribution in [2.45, 2.75) is 6.42 Å². The molecule has 0 aliphatic rings. The molecule has 4 nitrogen and oxygen atoms in total. The molecule has 0 spiro atoms. The Kier molecular flexibility index (Phi) is 4.52. The summed E-state index contributed by atoms with van der Waals surface area (Å²) in [5.41, 5.74) is 2.27. The zero-order valence-corrected chi connectivity index (χ0v) is 12.7. The molecule has 2 N–H and O–H groups in total. The third-order valence-corrected chi connectivity index (χ3v) is 3.61. The average Bonchev–Trinajstić information content (AvgIpc) is 3.09. The first-order valence-electron chi connectivity index (χ1n) is 7.41. The number of H-pyrrole nitrogens is 1. The zero-order valence-electron chi connectivity index (χ0n) is 12.7. The van der Waals surface area contributed by atoms with Crippen LogP contribution >= 0.6 is 0 Å². The lowest BCUT2D eigenvalue weighted by atomic mass is 9.97. The summed E-state index contributed by atoms with van der Waals surface area (Å²) in [6.45, 7) is 0. The number of benzene rings is 2. The first kappa shape index (κ1) is 15.7. The van der Waals surface area contributed by atoms with Crippen LogP contribution < -0.4 is 0 Å². The number of aromatic nitrogens is 2. The summed E-state index contributed by atoms with van der Waals surface area (Å²) in [6, 6.07) is 10.9. The van der Waals surface area contributed by atoms with E-state index in [4.69, 9.17) is 0 Å². The van der Waals surface area contributed by atoms with Gasteiger partial charge < -0.3 is 10.1 Å². The average molecular weight is 322 g/mol. The smallest absolute Gasteiger partial charge is 0.336 e. The molecule has 0 aliphatic carbocycles. The van der Waals surface area contributed by atoms with Crippen LogP contribution in [0.3, 0.4) is 0 Å². The van der Waals surface area contributed by atoms with E-state index in [0.29, 0.717) is 17.5 Å². The second-order valence-electron chi connectivity index (χ2n) is 5.26. The molecule has 0 saturated carbocycles. The van der Waals surface area contributed by atoms with Crippen LogP contribution in [0.1, 0.15) is 21.7 Å². The van der Waals surface area contributed by atoms with Crippen molar-refractivity contribution in [2.75, 3.05) is 0 Å². The second-order valence-corrected chi connectivity index (χ2v) is 5.26. The first-order chi connectivity index (χ1) is 11.6. The van der Waals surface area contributed by atoms with E-state index in [2.05, 4.69) is 9.97 Å². The molecule has 2 aromatic carbocycles. The first-order valence-corrected chi connectivity index (χ1v) is 7.41. The van der Waals surface area contributed by atoms with Crippen LogP contribution in [-0.2, 0) is 6.42 Å². The van der Waals surface area contributed by atoms with Gasteiger partial charge in [-0.05, 0) is 41.0 Å². The van der Waals surface area contributed by atoms with E-state index in [0.717, 1.165) is 11.4 Å². The minimum absolute atomic E-state index is 0.185. The fourth-order valence-electron chi connectivity index (χ4n) is 2.44. The van der Waals surface area contributed by atoms with Gasteiger partial charge in [-0.15, -0.1) is 0 Å². The zero-order chi connectivity index (χ0) is 16.9. The Morgan fingerprint density at radius 2 is 2.00 bits per heavy atom. The number of aromatic carboxylic acids is 1. The van der Waals surface area contributed by atoms with Gasteiger partial charge in [-0.3, -0.25) is 0 Å². The number of nitrogens with zero attached hydrogens (tertiary/aromatic N) is 1. The Bertz CT molecular complexity index is 869. The molecule has 120 valence electrons. The van der Waals surface area contributed by atoms with E-state index in [9.17, 15) is 14.3 Å². The van der Waals surface area contributed by atoms with E-state index in [1.165, 1.54) is 12.1 Å². The summed E-state index contributed by atoms with van der Waals surface area (Å²) in [4.78, 5) is 18.6. The molecule has 0 amide bonds. The Hall–Kier alpha value is -3.21. The van der Waals surface area contributed by atoms with Crippen molar-refractivity contribution in [3.8, 4) is 11.1 Å². The lowest BCUT2D eigenvalue weighted by molar-refractivity contribution is 0.0697. The van der Waals surface area contributed by atoms with Crippen LogP contribution in [0.15, 0.2) is 60.9 Å². The number of hydrogen-bond donors (Lipinski definition) is 2. The Morgan fingerprint density at radius 3 is 2.67 bits per heavy atom. The SMILES string of the molecule is O=C(O)c1ccc(C=CCc2ncc[nH]2)cc1-c1ccc(F)cc1. The van der Waals surface area contributed by atoms with E-state index in [1.807, 2.05) is 12.2 Å². The van der Waals surface area contributed by atoms with Crippen LogP contribution in [0.4, 0.5) is 4.39 Å². The predicted octanol–water partition coefficient (Wildman–Crippen LogP) is 4.17. The van der Waals surface area contributed by atoms with Crippen LogP contribution in [0.2, 0.25) is 0 Å². The molecule has 0 fully saturated rings. The highest BCUT2D eigenvalue weighted by Gasteiger charge is 2.12. The molecule has 1 heterocycles. The number of carboxylic acid groups (broad SMARTS) is 1.